The van der Waals surface area contributed by atoms with Gasteiger partial charge in [-0.2, -0.15) is 0 Å². The Morgan fingerprint density at radius 3 is 2.66 bits per heavy atom. The standard InChI is InChI=1S/C21H21NO7/c1-24-12-5-4-11-15(18(12)25-2)21(23)29-17(11)16-14-10(6-7-22-16)8-13-19(20(14)26-3)28-9-27-13/h4-5,8,16-17,22H,6-7,9H2,1-3H3/t16-,17+/m0/s1. The molecule has 3 aliphatic heterocycles. The lowest BCUT2D eigenvalue weighted by Crippen LogP contribution is -2.34. The first-order valence-electron chi connectivity index (χ1n) is 9.36. The van der Waals surface area contributed by atoms with Crippen LogP contribution in [0.4, 0.5) is 0 Å². The summed E-state index contributed by atoms with van der Waals surface area (Å²) >= 11 is 0. The summed E-state index contributed by atoms with van der Waals surface area (Å²) in [4.78, 5) is 12.8. The van der Waals surface area contributed by atoms with E-state index in [2.05, 4.69) is 5.32 Å². The van der Waals surface area contributed by atoms with E-state index in [0.717, 1.165) is 29.7 Å². The first-order valence-corrected chi connectivity index (χ1v) is 9.36. The van der Waals surface area contributed by atoms with Crippen LogP contribution in [0.1, 0.15) is 39.2 Å². The van der Waals surface area contributed by atoms with Crippen LogP contribution in [0.5, 0.6) is 28.7 Å². The fourth-order valence-corrected chi connectivity index (χ4v) is 4.43. The molecule has 0 spiro atoms. The fraction of sp³-hybridized carbons (Fsp3) is 0.381. The van der Waals surface area contributed by atoms with E-state index in [1.54, 1.807) is 13.2 Å². The maximum absolute atomic E-state index is 12.8. The van der Waals surface area contributed by atoms with Gasteiger partial charge in [-0.1, -0.05) is 6.07 Å². The number of cyclic esters (lactones) is 1. The molecular formula is C21H21NO7. The molecule has 2 aromatic carbocycles. The van der Waals surface area contributed by atoms with Gasteiger partial charge in [0, 0.05) is 11.1 Å². The zero-order valence-electron chi connectivity index (χ0n) is 16.4. The first-order chi connectivity index (χ1) is 14.2. The van der Waals surface area contributed by atoms with Crippen molar-refractivity contribution >= 4 is 5.97 Å². The number of fused-ring (bicyclic) bond motifs is 3. The van der Waals surface area contributed by atoms with Gasteiger partial charge < -0.3 is 33.7 Å². The molecule has 0 fully saturated rings. The van der Waals surface area contributed by atoms with Crippen molar-refractivity contribution in [1.82, 2.24) is 5.32 Å². The smallest absolute Gasteiger partial charge is 0.343 e. The molecule has 2 aromatic rings. The van der Waals surface area contributed by atoms with E-state index in [9.17, 15) is 4.79 Å². The SMILES string of the molecule is COc1ccc2c(c1OC)C(=O)O[C@H]2[C@H]1NCCc2cc3c(c(OC)c21)OCO3. The summed E-state index contributed by atoms with van der Waals surface area (Å²) in [5, 5.41) is 3.49. The number of ether oxygens (including phenoxy) is 6. The van der Waals surface area contributed by atoms with Crippen LogP contribution in [0.2, 0.25) is 0 Å². The number of esters is 1. The highest BCUT2D eigenvalue weighted by Crippen LogP contribution is 2.53. The molecule has 3 aliphatic rings. The van der Waals surface area contributed by atoms with Crippen molar-refractivity contribution in [3.8, 4) is 28.7 Å². The number of hydrogen-bond acceptors (Lipinski definition) is 8. The molecule has 1 N–H and O–H groups in total. The number of hydrogen-bond donors (Lipinski definition) is 1. The first kappa shape index (κ1) is 17.9. The van der Waals surface area contributed by atoms with Gasteiger partial charge in [-0.3, -0.25) is 0 Å². The number of methoxy groups -OCH3 is 3. The van der Waals surface area contributed by atoms with Crippen molar-refractivity contribution < 1.29 is 33.2 Å². The van der Waals surface area contributed by atoms with Crippen LogP contribution in [-0.4, -0.2) is 40.6 Å². The van der Waals surface area contributed by atoms with Gasteiger partial charge in [-0.05, 0) is 30.7 Å². The molecule has 0 unspecified atom stereocenters. The summed E-state index contributed by atoms with van der Waals surface area (Å²) in [6.07, 6.45) is 0.267. The molecule has 8 nitrogen and oxygen atoms in total. The molecule has 5 rings (SSSR count). The predicted octanol–water partition coefficient (Wildman–Crippen LogP) is 2.54. The van der Waals surface area contributed by atoms with Crippen LogP contribution < -0.4 is 29.0 Å². The molecule has 3 heterocycles. The monoisotopic (exact) mass is 399 g/mol. The van der Waals surface area contributed by atoms with E-state index in [1.807, 2.05) is 12.1 Å². The quantitative estimate of drug-likeness (QED) is 0.786. The normalized spacial score (nSPS) is 21.3. The third-order valence-corrected chi connectivity index (χ3v) is 5.64. The Bertz CT molecular complexity index is 1000. The summed E-state index contributed by atoms with van der Waals surface area (Å²) in [7, 11) is 4.65. The van der Waals surface area contributed by atoms with Crippen LogP contribution in [0, 0.1) is 0 Å². The molecule has 0 bridgehead atoms. The molecule has 0 saturated carbocycles. The van der Waals surface area contributed by atoms with Crippen LogP contribution in [-0.2, 0) is 11.2 Å². The zero-order chi connectivity index (χ0) is 20.1. The van der Waals surface area contributed by atoms with Crippen molar-refractivity contribution in [2.45, 2.75) is 18.6 Å². The number of benzene rings is 2. The van der Waals surface area contributed by atoms with E-state index >= 15 is 0 Å². The Kier molecular flexibility index (Phi) is 4.16. The highest BCUT2D eigenvalue weighted by Gasteiger charge is 2.44. The van der Waals surface area contributed by atoms with Gasteiger partial charge in [0.25, 0.3) is 0 Å². The van der Waals surface area contributed by atoms with Crippen molar-refractivity contribution in [2.24, 2.45) is 0 Å². The zero-order valence-corrected chi connectivity index (χ0v) is 16.4. The topological polar surface area (TPSA) is 84.5 Å². The molecule has 2 atom stereocenters. The van der Waals surface area contributed by atoms with Gasteiger partial charge in [-0.15, -0.1) is 0 Å². The molecule has 152 valence electrons. The third kappa shape index (κ3) is 2.52. The second kappa shape index (κ2) is 6.73. The minimum Gasteiger partial charge on any atom is -0.493 e. The average Bonchev–Trinajstić information content (AvgIpc) is 3.35. The molecule has 0 saturated heterocycles. The van der Waals surface area contributed by atoms with Crippen LogP contribution >= 0.6 is 0 Å². The van der Waals surface area contributed by atoms with E-state index in [4.69, 9.17) is 28.4 Å². The number of carbonyl (C=O) groups is 1. The number of rotatable bonds is 4. The molecule has 0 amide bonds. The minimum absolute atomic E-state index is 0.158. The van der Waals surface area contributed by atoms with Crippen molar-refractivity contribution in [3.63, 3.8) is 0 Å². The van der Waals surface area contributed by atoms with Crippen molar-refractivity contribution in [1.29, 1.82) is 0 Å². The average molecular weight is 399 g/mol. The lowest BCUT2D eigenvalue weighted by atomic mass is 9.86. The van der Waals surface area contributed by atoms with Gasteiger partial charge in [0.1, 0.15) is 11.7 Å². The van der Waals surface area contributed by atoms with Gasteiger partial charge >= 0.3 is 5.97 Å². The highest BCUT2D eigenvalue weighted by atomic mass is 16.7. The number of nitrogens with one attached hydrogen (secondary N) is 1. The third-order valence-electron chi connectivity index (χ3n) is 5.64. The van der Waals surface area contributed by atoms with Crippen molar-refractivity contribution in [3.05, 3.63) is 40.5 Å². The number of carbonyl (C=O) groups excluding carboxylic acids is 1. The molecule has 0 aromatic heterocycles. The second-order valence-electron chi connectivity index (χ2n) is 6.99. The molecule has 0 radical (unpaired) electrons. The van der Waals surface area contributed by atoms with E-state index in [0.29, 0.717) is 34.3 Å². The Balaban J connectivity index is 1.65. The Labute approximate surface area is 167 Å². The van der Waals surface area contributed by atoms with E-state index in [-0.39, 0.29) is 12.8 Å². The second-order valence-corrected chi connectivity index (χ2v) is 6.99. The van der Waals surface area contributed by atoms with Crippen LogP contribution in [0.15, 0.2) is 18.2 Å². The predicted molar refractivity (Wildman–Crippen MR) is 101 cm³/mol. The van der Waals surface area contributed by atoms with Gasteiger partial charge in [0.05, 0.1) is 27.4 Å². The lowest BCUT2D eigenvalue weighted by Gasteiger charge is -2.32. The maximum Gasteiger partial charge on any atom is 0.343 e. The van der Waals surface area contributed by atoms with Gasteiger partial charge in [-0.25, -0.2) is 4.79 Å². The van der Waals surface area contributed by atoms with Crippen molar-refractivity contribution in [2.75, 3.05) is 34.7 Å². The van der Waals surface area contributed by atoms with Gasteiger partial charge in [0.2, 0.25) is 12.5 Å². The summed E-state index contributed by atoms with van der Waals surface area (Å²) in [6.45, 7) is 0.891. The lowest BCUT2D eigenvalue weighted by molar-refractivity contribution is 0.0282. The summed E-state index contributed by atoms with van der Waals surface area (Å²) in [5.41, 5.74) is 3.14. The Hall–Kier alpha value is -3.13. The maximum atomic E-state index is 12.8. The minimum atomic E-state index is -0.536. The molecule has 0 aliphatic carbocycles. The molecule has 8 heteroatoms. The summed E-state index contributed by atoms with van der Waals surface area (Å²) in [6, 6.07) is 5.32. The van der Waals surface area contributed by atoms with Gasteiger partial charge in [0.15, 0.2) is 23.0 Å². The Morgan fingerprint density at radius 2 is 1.90 bits per heavy atom. The van der Waals surface area contributed by atoms with E-state index < -0.39 is 12.1 Å². The van der Waals surface area contributed by atoms with Crippen LogP contribution in [0.3, 0.4) is 0 Å². The van der Waals surface area contributed by atoms with Crippen LogP contribution in [0.25, 0.3) is 0 Å². The Morgan fingerprint density at radius 1 is 1.07 bits per heavy atom. The summed E-state index contributed by atoms with van der Waals surface area (Å²) in [5.74, 6) is 2.30. The van der Waals surface area contributed by atoms with E-state index in [1.165, 1.54) is 14.2 Å². The summed E-state index contributed by atoms with van der Waals surface area (Å²) < 4.78 is 33.5. The largest absolute Gasteiger partial charge is 0.493 e. The highest BCUT2D eigenvalue weighted by molar-refractivity contribution is 5.98. The molecule has 29 heavy (non-hydrogen) atoms. The fourth-order valence-electron chi connectivity index (χ4n) is 4.43. The molecular weight excluding hydrogens is 378 g/mol.